The SMILES string of the molecule is C[n+]1c2n(c(=O)c3ccccc31)CCc1ccc(Cl)cc1-2.[Cl-]. The first-order valence-electron chi connectivity index (χ1n) is 6.97. The fourth-order valence-corrected chi connectivity index (χ4v) is 3.40. The van der Waals surface area contributed by atoms with Gasteiger partial charge in [-0.1, -0.05) is 29.8 Å². The molecule has 1 aliphatic heterocycles. The van der Waals surface area contributed by atoms with Crippen LogP contribution in [0.1, 0.15) is 5.56 Å². The van der Waals surface area contributed by atoms with Crippen LogP contribution in [-0.4, -0.2) is 4.57 Å². The number of nitrogens with zero attached hydrogens (tertiary/aromatic N) is 2. The largest absolute Gasteiger partial charge is 1.00 e. The molecule has 0 spiro atoms. The van der Waals surface area contributed by atoms with Crippen LogP contribution < -0.4 is 22.5 Å². The quantitative estimate of drug-likeness (QED) is 0.519. The Morgan fingerprint density at radius 3 is 2.77 bits per heavy atom. The molecule has 0 atom stereocenters. The first-order chi connectivity index (χ1) is 10.2. The van der Waals surface area contributed by atoms with Crippen molar-refractivity contribution >= 4 is 22.5 Å². The number of benzene rings is 2. The van der Waals surface area contributed by atoms with Gasteiger partial charge in [-0.2, -0.15) is 4.57 Å². The van der Waals surface area contributed by atoms with Crippen molar-refractivity contribution in [1.82, 2.24) is 4.57 Å². The molecule has 0 radical (unpaired) electrons. The van der Waals surface area contributed by atoms with Gasteiger partial charge in [-0.25, -0.2) is 9.36 Å². The van der Waals surface area contributed by atoms with Crippen LogP contribution in [-0.2, 0) is 20.0 Å². The van der Waals surface area contributed by atoms with Crippen molar-refractivity contribution < 1.29 is 17.0 Å². The molecule has 4 rings (SSSR count). The zero-order chi connectivity index (χ0) is 14.6. The summed E-state index contributed by atoms with van der Waals surface area (Å²) in [4.78, 5) is 12.7. The lowest BCUT2D eigenvalue weighted by Crippen LogP contribution is -3.00. The topological polar surface area (TPSA) is 25.9 Å². The van der Waals surface area contributed by atoms with E-state index in [-0.39, 0.29) is 18.0 Å². The fraction of sp³-hybridized carbons (Fsp3) is 0.176. The Balaban J connectivity index is 0.00000144. The lowest BCUT2D eigenvalue weighted by atomic mass is 9.99. The van der Waals surface area contributed by atoms with E-state index in [1.807, 2.05) is 48.0 Å². The second-order valence-electron chi connectivity index (χ2n) is 5.41. The van der Waals surface area contributed by atoms with Crippen molar-refractivity contribution in [2.75, 3.05) is 0 Å². The third kappa shape index (κ3) is 2.04. The van der Waals surface area contributed by atoms with E-state index in [9.17, 15) is 4.79 Å². The van der Waals surface area contributed by atoms with Gasteiger partial charge >= 0.3 is 5.56 Å². The minimum absolute atomic E-state index is 0. The first-order valence-corrected chi connectivity index (χ1v) is 7.35. The summed E-state index contributed by atoms with van der Waals surface area (Å²) in [7, 11) is 2.00. The van der Waals surface area contributed by atoms with Crippen LogP contribution in [0.15, 0.2) is 47.3 Å². The van der Waals surface area contributed by atoms with Gasteiger partial charge in [0.05, 0.1) is 19.2 Å². The minimum Gasteiger partial charge on any atom is -1.00 e. The van der Waals surface area contributed by atoms with Crippen LogP contribution in [0.5, 0.6) is 0 Å². The molecule has 0 N–H and O–H groups in total. The van der Waals surface area contributed by atoms with Crippen LogP contribution in [0.4, 0.5) is 0 Å². The van der Waals surface area contributed by atoms with Gasteiger partial charge < -0.3 is 12.4 Å². The molecule has 3 nitrogen and oxygen atoms in total. The molecule has 1 aliphatic rings. The summed E-state index contributed by atoms with van der Waals surface area (Å²) in [6, 6.07) is 13.7. The van der Waals surface area contributed by atoms with Crippen LogP contribution in [0.3, 0.4) is 0 Å². The van der Waals surface area contributed by atoms with Gasteiger partial charge in [0.15, 0.2) is 0 Å². The highest BCUT2D eigenvalue weighted by molar-refractivity contribution is 6.30. The Kier molecular flexibility index (Phi) is 3.71. The van der Waals surface area contributed by atoms with E-state index in [1.54, 1.807) is 0 Å². The lowest BCUT2D eigenvalue weighted by Gasteiger charge is -2.18. The summed E-state index contributed by atoms with van der Waals surface area (Å²) in [6.45, 7) is 0.710. The molecule has 0 unspecified atom stereocenters. The van der Waals surface area contributed by atoms with Gasteiger partial charge in [0.2, 0.25) is 0 Å². The molecule has 3 aromatic rings. The van der Waals surface area contributed by atoms with Crippen molar-refractivity contribution in [1.29, 1.82) is 0 Å². The van der Waals surface area contributed by atoms with Gasteiger partial charge in [-0.05, 0) is 29.8 Å². The maximum absolute atomic E-state index is 12.7. The minimum atomic E-state index is 0. The highest BCUT2D eigenvalue weighted by atomic mass is 35.5. The first kappa shape index (κ1) is 15.1. The smallest absolute Gasteiger partial charge is 0.345 e. The molecule has 0 bridgehead atoms. The predicted molar refractivity (Wildman–Crippen MR) is 83.5 cm³/mol. The van der Waals surface area contributed by atoms with Crippen molar-refractivity contribution in [2.45, 2.75) is 13.0 Å². The van der Waals surface area contributed by atoms with Crippen molar-refractivity contribution in [3.05, 3.63) is 63.4 Å². The molecular formula is C17H14Cl2N2O. The number of aromatic nitrogens is 2. The summed E-state index contributed by atoms with van der Waals surface area (Å²) in [5, 5.41) is 1.46. The Labute approximate surface area is 139 Å². The third-order valence-electron chi connectivity index (χ3n) is 4.23. The Morgan fingerprint density at radius 1 is 1.18 bits per heavy atom. The molecule has 5 heteroatoms. The fourth-order valence-electron chi connectivity index (χ4n) is 3.22. The highest BCUT2D eigenvalue weighted by Crippen LogP contribution is 2.29. The maximum atomic E-state index is 12.7. The van der Waals surface area contributed by atoms with E-state index in [0.29, 0.717) is 11.6 Å². The van der Waals surface area contributed by atoms with Gasteiger partial charge in [-0.15, -0.1) is 0 Å². The Bertz CT molecular complexity index is 947. The van der Waals surface area contributed by atoms with E-state index in [1.165, 1.54) is 5.56 Å². The molecule has 112 valence electrons. The summed E-state index contributed by atoms with van der Waals surface area (Å²) >= 11 is 6.16. The molecule has 0 saturated carbocycles. The molecule has 2 heterocycles. The highest BCUT2D eigenvalue weighted by Gasteiger charge is 2.28. The number of aryl methyl sites for hydroxylation is 2. The molecule has 0 fully saturated rings. The van der Waals surface area contributed by atoms with Crippen LogP contribution in [0.25, 0.3) is 22.3 Å². The van der Waals surface area contributed by atoms with E-state index < -0.39 is 0 Å². The van der Waals surface area contributed by atoms with Gasteiger partial charge in [0, 0.05) is 11.4 Å². The molecule has 1 aromatic heterocycles. The number of rotatable bonds is 0. The van der Waals surface area contributed by atoms with Crippen LogP contribution >= 0.6 is 11.6 Å². The van der Waals surface area contributed by atoms with E-state index in [2.05, 4.69) is 10.6 Å². The number of para-hydroxylation sites is 1. The lowest BCUT2D eigenvalue weighted by molar-refractivity contribution is -0.638. The van der Waals surface area contributed by atoms with Crippen molar-refractivity contribution in [3.63, 3.8) is 0 Å². The van der Waals surface area contributed by atoms with Gasteiger partial charge in [-0.3, -0.25) is 0 Å². The Morgan fingerprint density at radius 2 is 1.95 bits per heavy atom. The zero-order valence-corrected chi connectivity index (χ0v) is 13.5. The van der Waals surface area contributed by atoms with Crippen molar-refractivity contribution in [2.24, 2.45) is 7.05 Å². The number of fused-ring (bicyclic) bond motifs is 4. The van der Waals surface area contributed by atoms with Crippen molar-refractivity contribution in [3.8, 4) is 11.4 Å². The zero-order valence-electron chi connectivity index (χ0n) is 12.0. The van der Waals surface area contributed by atoms with Crippen LogP contribution in [0, 0.1) is 0 Å². The second kappa shape index (κ2) is 5.41. The molecule has 22 heavy (non-hydrogen) atoms. The summed E-state index contributed by atoms with van der Waals surface area (Å²) in [5.74, 6) is 0.933. The molecule has 0 aliphatic carbocycles. The second-order valence-corrected chi connectivity index (χ2v) is 5.84. The monoisotopic (exact) mass is 332 g/mol. The van der Waals surface area contributed by atoms with Gasteiger partial charge in [0.1, 0.15) is 10.9 Å². The molecule has 0 saturated heterocycles. The summed E-state index contributed by atoms with van der Waals surface area (Å²) in [6.07, 6.45) is 0.859. The standard InChI is InChI=1S/C17H14ClN2O.ClH/c1-19-15-5-3-2-4-13(15)17(21)20-9-8-11-6-7-12(18)10-14(11)16(19)20;/h2-7,10H,8-9H2,1H3;1H/q+1;/p-1. The van der Waals surface area contributed by atoms with E-state index in [4.69, 9.17) is 11.6 Å². The van der Waals surface area contributed by atoms with Gasteiger partial charge in [0.25, 0.3) is 5.82 Å². The molecule has 2 aromatic carbocycles. The number of halogens is 2. The maximum Gasteiger partial charge on any atom is 0.345 e. The number of hydrogen-bond donors (Lipinski definition) is 0. The van der Waals surface area contributed by atoms with E-state index >= 15 is 0 Å². The third-order valence-corrected chi connectivity index (χ3v) is 4.47. The average Bonchev–Trinajstić information content (AvgIpc) is 2.51. The Hall–Kier alpha value is -1.84. The number of hydrogen-bond acceptors (Lipinski definition) is 1. The predicted octanol–water partition coefficient (Wildman–Crippen LogP) is -0.294. The summed E-state index contributed by atoms with van der Waals surface area (Å²) in [5.41, 5.74) is 3.31. The molecular weight excluding hydrogens is 319 g/mol. The molecule has 0 amide bonds. The summed E-state index contributed by atoms with van der Waals surface area (Å²) < 4.78 is 3.95. The van der Waals surface area contributed by atoms with Crippen LogP contribution in [0.2, 0.25) is 5.02 Å². The average molecular weight is 333 g/mol. The van der Waals surface area contributed by atoms with E-state index in [0.717, 1.165) is 28.7 Å². The normalized spacial score (nSPS) is 12.5.